The first kappa shape index (κ1) is 20.8. The first-order chi connectivity index (χ1) is 12.7. The summed E-state index contributed by atoms with van der Waals surface area (Å²) < 4.78 is 0.341. The van der Waals surface area contributed by atoms with Crippen LogP contribution in [0, 0.1) is 37.8 Å². The van der Waals surface area contributed by atoms with Crippen molar-refractivity contribution in [1.29, 1.82) is 0 Å². The van der Waals surface area contributed by atoms with E-state index in [2.05, 4.69) is 51.7 Å². The molecule has 146 valence electrons. The van der Waals surface area contributed by atoms with E-state index in [-0.39, 0.29) is 16.3 Å². The lowest BCUT2D eigenvalue weighted by molar-refractivity contribution is -0.384. The van der Waals surface area contributed by atoms with Crippen LogP contribution >= 0.6 is 0 Å². The van der Waals surface area contributed by atoms with Crippen LogP contribution in [0.1, 0.15) is 49.1 Å². The summed E-state index contributed by atoms with van der Waals surface area (Å²) in [6, 6.07) is 5.87. The Morgan fingerprint density at radius 1 is 1.11 bits per heavy atom. The van der Waals surface area contributed by atoms with Gasteiger partial charge in [-0.3, -0.25) is 10.1 Å². The van der Waals surface area contributed by atoms with Crippen LogP contribution in [0.3, 0.4) is 0 Å². The van der Waals surface area contributed by atoms with Gasteiger partial charge >= 0.3 is 11.5 Å². The van der Waals surface area contributed by atoms with Crippen molar-refractivity contribution in [3.05, 3.63) is 50.7 Å². The quantitative estimate of drug-likeness (QED) is 0.408. The standard InChI is InChI=1S/C21H31N4O2/c1-7-9-10-25(8-2,20-15(4)11-14(3)12-16(20)5)21-19(24(26)27)18(22)13-17(6)23-21/h11-13H,7-10H2,1-6H3,(H2,22,23)/q+1. The molecule has 0 aliphatic heterocycles. The molecule has 1 unspecified atom stereocenters. The largest absolute Gasteiger partial charge is 0.393 e. The minimum atomic E-state index is -0.384. The van der Waals surface area contributed by atoms with Gasteiger partial charge in [0.25, 0.3) is 0 Å². The fourth-order valence-corrected chi connectivity index (χ4v) is 4.23. The molecule has 0 saturated carbocycles. The second-order valence-electron chi connectivity index (χ2n) is 7.39. The fraction of sp³-hybridized carbons (Fsp3) is 0.476. The normalized spacial score (nSPS) is 13.4. The van der Waals surface area contributed by atoms with Gasteiger partial charge in [0.2, 0.25) is 0 Å². The number of nitro groups is 1. The highest BCUT2D eigenvalue weighted by atomic mass is 16.6. The summed E-state index contributed by atoms with van der Waals surface area (Å²) in [5.41, 5.74) is 11.4. The van der Waals surface area contributed by atoms with Gasteiger partial charge in [-0.25, -0.2) is 4.48 Å². The summed E-state index contributed by atoms with van der Waals surface area (Å²) in [7, 11) is 0. The van der Waals surface area contributed by atoms with Crippen LogP contribution < -0.4 is 10.2 Å². The number of quaternary nitrogens is 1. The molecule has 0 bridgehead atoms. The molecule has 2 rings (SSSR count). The predicted octanol–water partition coefficient (Wildman–Crippen LogP) is 5.26. The molecule has 2 N–H and O–H groups in total. The van der Waals surface area contributed by atoms with E-state index in [0.29, 0.717) is 22.5 Å². The molecule has 0 amide bonds. The van der Waals surface area contributed by atoms with E-state index in [1.54, 1.807) is 6.07 Å². The van der Waals surface area contributed by atoms with Gasteiger partial charge in [-0.1, -0.05) is 31.0 Å². The third-order valence-corrected chi connectivity index (χ3v) is 5.22. The molecule has 6 heteroatoms. The van der Waals surface area contributed by atoms with E-state index in [1.807, 2.05) is 6.92 Å². The smallest absolute Gasteiger partial charge is 0.372 e. The Morgan fingerprint density at radius 2 is 1.70 bits per heavy atom. The second kappa shape index (κ2) is 8.05. The highest BCUT2D eigenvalue weighted by molar-refractivity contribution is 5.76. The minimum Gasteiger partial charge on any atom is -0.393 e. The molecule has 27 heavy (non-hydrogen) atoms. The molecule has 0 fully saturated rings. The Bertz CT molecular complexity index is 840. The van der Waals surface area contributed by atoms with Crippen molar-refractivity contribution < 1.29 is 4.92 Å². The molecule has 0 aliphatic rings. The van der Waals surface area contributed by atoms with Crippen LogP contribution in [0.5, 0.6) is 0 Å². The summed E-state index contributed by atoms with van der Waals surface area (Å²) in [6.07, 6.45) is 1.94. The SMILES string of the molecule is CCCC[N+](CC)(c1nc(C)cc(N)c1[N+](=O)[O-])c1c(C)cc(C)cc1C. The van der Waals surface area contributed by atoms with Crippen molar-refractivity contribution in [1.82, 2.24) is 9.47 Å². The number of rotatable bonds is 7. The topological polar surface area (TPSA) is 82.0 Å². The molecule has 1 heterocycles. The monoisotopic (exact) mass is 371 g/mol. The number of unbranched alkanes of at least 4 members (excludes halogenated alkanes) is 1. The van der Waals surface area contributed by atoms with Gasteiger partial charge in [0.05, 0.1) is 18.0 Å². The van der Waals surface area contributed by atoms with Crippen molar-refractivity contribution in [2.75, 3.05) is 18.8 Å². The molecule has 0 saturated heterocycles. The summed E-state index contributed by atoms with van der Waals surface area (Å²) >= 11 is 0. The number of hydrogen-bond donors (Lipinski definition) is 1. The number of aryl methyl sites for hydroxylation is 4. The number of nitrogen functional groups attached to an aromatic ring is 1. The van der Waals surface area contributed by atoms with Gasteiger partial charge in [-0.05, 0) is 47.1 Å². The molecule has 0 radical (unpaired) electrons. The molecule has 1 aromatic heterocycles. The fourth-order valence-electron chi connectivity index (χ4n) is 4.23. The van der Waals surface area contributed by atoms with Crippen LogP contribution in [0.4, 0.5) is 22.9 Å². The van der Waals surface area contributed by atoms with E-state index < -0.39 is 0 Å². The predicted molar refractivity (Wildman–Crippen MR) is 112 cm³/mol. The van der Waals surface area contributed by atoms with Crippen LogP contribution in [-0.2, 0) is 0 Å². The van der Waals surface area contributed by atoms with Gasteiger partial charge < -0.3 is 5.73 Å². The highest BCUT2D eigenvalue weighted by Gasteiger charge is 2.43. The molecule has 1 aromatic carbocycles. The second-order valence-corrected chi connectivity index (χ2v) is 7.39. The highest BCUT2D eigenvalue weighted by Crippen LogP contribution is 2.45. The maximum atomic E-state index is 11.9. The van der Waals surface area contributed by atoms with Crippen molar-refractivity contribution in [2.45, 2.75) is 54.4 Å². The van der Waals surface area contributed by atoms with Crippen molar-refractivity contribution >= 4 is 22.9 Å². The van der Waals surface area contributed by atoms with Gasteiger partial charge in [0.15, 0.2) is 0 Å². The van der Waals surface area contributed by atoms with E-state index in [1.165, 1.54) is 5.56 Å². The van der Waals surface area contributed by atoms with Gasteiger partial charge in [-0.2, -0.15) is 4.98 Å². The zero-order valence-electron chi connectivity index (χ0n) is 17.3. The zero-order valence-corrected chi connectivity index (χ0v) is 17.3. The average Bonchev–Trinajstić information content (AvgIpc) is 2.55. The number of anilines is 1. The zero-order chi connectivity index (χ0) is 20.4. The summed E-state index contributed by atoms with van der Waals surface area (Å²) in [4.78, 5) is 16.2. The molecule has 0 aliphatic carbocycles. The van der Waals surface area contributed by atoms with E-state index in [0.717, 1.165) is 36.2 Å². The van der Waals surface area contributed by atoms with E-state index in [9.17, 15) is 10.1 Å². The molecular weight excluding hydrogens is 340 g/mol. The van der Waals surface area contributed by atoms with Crippen LogP contribution in [0.2, 0.25) is 0 Å². The Morgan fingerprint density at radius 3 is 2.19 bits per heavy atom. The summed E-state index contributed by atoms with van der Waals surface area (Å²) in [5, 5.41) is 11.9. The summed E-state index contributed by atoms with van der Waals surface area (Å²) in [5.74, 6) is 0.448. The maximum absolute atomic E-state index is 11.9. The first-order valence-electron chi connectivity index (χ1n) is 9.55. The van der Waals surface area contributed by atoms with Gasteiger partial charge in [-0.15, -0.1) is 0 Å². The van der Waals surface area contributed by atoms with E-state index in [4.69, 9.17) is 5.73 Å². The van der Waals surface area contributed by atoms with Gasteiger partial charge in [0, 0.05) is 16.8 Å². The van der Waals surface area contributed by atoms with Crippen molar-refractivity contribution in [3.63, 3.8) is 0 Å². The minimum absolute atomic E-state index is 0.0714. The van der Waals surface area contributed by atoms with Crippen molar-refractivity contribution in [3.8, 4) is 0 Å². The average molecular weight is 372 g/mol. The maximum Gasteiger partial charge on any atom is 0.372 e. The number of hydrogen-bond acceptors (Lipinski definition) is 4. The molecule has 2 aromatic rings. The third kappa shape index (κ3) is 3.81. The number of aromatic nitrogens is 1. The number of benzene rings is 1. The van der Waals surface area contributed by atoms with Gasteiger partial charge in [0.1, 0.15) is 11.4 Å². The van der Waals surface area contributed by atoms with Crippen LogP contribution in [-0.4, -0.2) is 23.0 Å². The lowest BCUT2D eigenvalue weighted by Gasteiger charge is -2.37. The van der Waals surface area contributed by atoms with Crippen LogP contribution in [0.15, 0.2) is 18.2 Å². The first-order valence-corrected chi connectivity index (χ1v) is 9.55. The summed E-state index contributed by atoms with van der Waals surface area (Å²) in [6.45, 7) is 13.7. The number of pyridine rings is 1. The van der Waals surface area contributed by atoms with E-state index >= 15 is 0 Å². The molecule has 0 spiro atoms. The third-order valence-electron chi connectivity index (χ3n) is 5.22. The number of nitrogens with zero attached hydrogens (tertiary/aromatic N) is 3. The molecule has 6 nitrogen and oxygen atoms in total. The number of nitrogens with two attached hydrogens (primary N) is 1. The Labute approximate surface area is 161 Å². The molecular formula is C21H31N4O2+. The lowest BCUT2D eigenvalue weighted by atomic mass is 10.0. The molecule has 1 atom stereocenters. The van der Waals surface area contributed by atoms with Crippen molar-refractivity contribution in [2.24, 2.45) is 0 Å². The van der Waals surface area contributed by atoms with Crippen LogP contribution in [0.25, 0.3) is 0 Å². The Kier molecular flexibility index (Phi) is 6.21. The lowest BCUT2D eigenvalue weighted by Crippen LogP contribution is -2.47. The Hall–Kier alpha value is -2.47. The Balaban J connectivity index is 2.95.